The molecule has 53 heavy (non-hydrogen) atoms. The number of benzene rings is 8. The Morgan fingerprint density at radius 2 is 1.19 bits per heavy atom. The van der Waals surface area contributed by atoms with E-state index in [2.05, 4.69) is 185 Å². The van der Waals surface area contributed by atoms with E-state index in [1.54, 1.807) is 0 Å². The van der Waals surface area contributed by atoms with Crippen molar-refractivity contribution in [1.29, 1.82) is 0 Å². The van der Waals surface area contributed by atoms with Gasteiger partial charge in [0.05, 0.1) is 16.7 Å². The maximum absolute atomic E-state index is 6.69. The van der Waals surface area contributed by atoms with Gasteiger partial charge in [0, 0.05) is 54.8 Å². The summed E-state index contributed by atoms with van der Waals surface area (Å²) in [4.78, 5) is 2.49. The number of anilines is 2. The molecule has 0 radical (unpaired) electrons. The molecule has 0 unspecified atom stereocenters. The van der Waals surface area contributed by atoms with Crippen LogP contribution >= 0.6 is 0 Å². The van der Waals surface area contributed by atoms with E-state index >= 15 is 0 Å². The average Bonchev–Trinajstić information content (AvgIpc) is 3.77. The van der Waals surface area contributed by atoms with Crippen molar-refractivity contribution in [3.8, 4) is 16.8 Å². The number of para-hydroxylation sites is 3. The topological polar surface area (TPSA) is 21.3 Å². The van der Waals surface area contributed by atoms with Gasteiger partial charge in [0.15, 0.2) is 0 Å². The highest BCUT2D eigenvalue weighted by molar-refractivity contribution is 6.13. The van der Waals surface area contributed by atoms with Crippen LogP contribution in [-0.4, -0.2) is 4.57 Å². The number of hydrogen-bond acceptors (Lipinski definition) is 2. The standard InChI is InChI=1S/C50H34N2O/c1-3-17-38-33(13-1)15-11-24-45(38)51(46-25-12-16-34-14-2-4-18-39(34)46)36-29-27-35(28-30-36)43-31-37(32-44-42-21-7-10-26-49(42)53-50(43)44)52-47-22-8-5-19-40(47)41-20-6-9-23-48(41)52/h1-11,13-24,26-32H,12,25H2. The van der Waals surface area contributed by atoms with Crippen LogP contribution < -0.4 is 15.3 Å². The van der Waals surface area contributed by atoms with Gasteiger partial charge in [-0.15, -0.1) is 0 Å². The first-order chi connectivity index (χ1) is 26.3. The van der Waals surface area contributed by atoms with Gasteiger partial charge in [-0.25, -0.2) is 0 Å². The first-order valence-electron chi connectivity index (χ1n) is 18.4. The molecule has 0 spiro atoms. The number of fused-ring (bicyclic) bond motifs is 8. The molecule has 8 aromatic carbocycles. The van der Waals surface area contributed by atoms with Gasteiger partial charge in [-0.2, -0.15) is 0 Å². The lowest BCUT2D eigenvalue weighted by Crippen LogP contribution is -2.35. The van der Waals surface area contributed by atoms with Crippen molar-refractivity contribution in [2.24, 2.45) is 0 Å². The molecule has 11 rings (SSSR count). The molecule has 0 saturated carbocycles. The summed E-state index contributed by atoms with van der Waals surface area (Å²) in [5.41, 5.74) is 11.1. The number of rotatable bonds is 5. The molecule has 1 aliphatic carbocycles. The molecule has 2 aromatic heterocycles. The van der Waals surface area contributed by atoms with Gasteiger partial charge in [0.1, 0.15) is 11.2 Å². The summed E-state index contributed by atoms with van der Waals surface area (Å²) >= 11 is 0. The Hall–Kier alpha value is -6.84. The Morgan fingerprint density at radius 3 is 2.00 bits per heavy atom. The van der Waals surface area contributed by atoms with Crippen LogP contribution in [-0.2, 0) is 0 Å². The van der Waals surface area contributed by atoms with E-state index in [9.17, 15) is 0 Å². The van der Waals surface area contributed by atoms with Crippen molar-refractivity contribution in [2.45, 2.75) is 12.8 Å². The average molecular weight is 679 g/mol. The SMILES string of the molecule is C1=c2ccccc2=C(N(c2ccc(-c3cc(-n4c5ccccc5c5ccccc54)cc4c3oc3ccccc34)cc2)c2cccc3ccccc23)CC1. The molecule has 3 nitrogen and oxygen atoms in total. The van der Waals surface area contributed by atoms with Crippen LogP contribution in [0.3, 0.4) is 0 Å². The van der Waals surface area contributed by atoms with Crippen molar-refractivity contribution in [3.63, 3.8) is 0 Å². The predicted octanol–water partition coefficient (Wildman–Crippen LogP) is 12.0. The summed E-state index contributed by atoms with van der Waals surface area (Å²) in [7, 11) is 0. The second kappa shape index (κ2) is 11.9. The molecule has 2 heterocycles. The lowest BCUT2D eigenvalue weighted by Gasteiger charge is -2.30. The number of aromatic nitrogens is 1. The van der Waals surface area contributed by atoms with Gasteiger partial charge in [0.2, 0.25) is 0 Å². The van der Waals surface area contributed by atoms with Gasteiger partial charge < -0.3 is 13.9 Å². The van der Waals surface area contributed by atoms with Crippen LogP contribution in [0, 0.1) is 0 Å². The van der Waals surface area contributed by atoms with Crippen molar-refractivity contribution in [2.75, 3.05) is 4.90 Å². The predicted molar refractivity (Wildman–Crippen MR) is 222 cm³/mol. The van der Waals surface area contributed by atoms with E-state index in [1.165, 1.54) is 54.4 Å². The summed E-state index contributed by atoms with van der Waals surface area (Å²) < 4.78 is 9.09. The Balaban J connectivity index is 1.14. The first-order valence-corrected chi connectivity index (χ1v) is 18.4. The molecule has 0 fully saturated rings. The Bertz CT molecular complexity index is 3120. The second-order valence-corrected chi connectivity index (χ2v) is 14.0. The Kier molecular flexibility index (Phi) is 6.68. The molecule has 3 heteroatoms. The van der Waals surface area contributed by atoms with Gasteiger partial charge in [0.25, 0.3) is 0 Å². The van der Waals surface area contributed by atoms with E-state index in [0.717, 1.165) is 57.3 Å². The maximum atomic E-state index is 6.69. The first kappa shape index (κ1) is 29.8. The molecule has 0 N–H and O–H groups in total. The normalized spacial score (nSPS) is 12.9. The summed E-state index contributed by atoms with van der Waals surface area (Å²) in [6.07, 6.45) is 4.33. The highest BCUT2D eigenvalue weighted by atomic mass is 16.3. The van der Waals surface area contributed by atoms with Crippen molar-refractivity contribution >= 4 is 77.7 Å². The number of furan rings is 1. The van der Waals surface area contributed by atoms with Crippen molar-refractivity contribution in [1.82, 2.24) is 4.57 Å². The quantitative estimate of drug-likeness (QED) is 0.181. The van der Waals surface area contributed by atoms with E-state index in [1.807, 2.05) is 6.07 Å². The van der Waals surface area contributed by atoms with Crippen LogP contribution in [0.25, 0.3) is 83.1 Å². The smallest absolute Gasteiger partial charge is 0.143 e. The zero-order valence-electron chi connectivity index (χ0n) is 29.0. The zero-order valence-corrected chi connectivity index (χ0v) is 29.0. The molecular formula is C50H34N2O. The zero-order chi connectivity index (χ0) is 34.9. The van der Waals surface area contributed by atoms with Crippen molar-refractivity contribution in [3.05, 3.63) is 186 Å². The van der Waals surface area contributed by atoms with Crippen LogP contribution in [0.1, 0.15) is 12.8 Å². The van der Waals surface area contributed by atoms with E-state index < -0.39 is 0 Å². The lowest BCUT2D eigenvalue weighted by molar-refractivity contribution is 0.670. The third kappa shape index (κ3) is 4.67. The minimum Gasteiger partial charge on any atom is -0.455 e. The summed E-state index contributed by atoms with van der Waals surface area (Å²) in [6, 6.07) is 63.7. The van der Waals surface area contributed by atoms with E-state index in [-0.39, 0.29) is 0 Å². The summed E-state index contributed by atoms with van der Waals surface area (Å²) in [5, 5.41) is 9.79. The number of nitrogens with zero attached hydrogens (tertiary/aromatic N) is 2. The van der Waals surface area contributed by atoms with Crippen LogP contribution in [0.2, 0.25) is 0 Å². The fourth-order valence-corrected chi connectivity index (χ4v) is 8.66. The van der Waals surface area contributed by atoms with Crippen LogP contribution in [0.4, 0.5) is 11.4 Å². The van der Waals surface area contributed by atoms with Gasteiger partial charge >= 0.3 is 0 Å². The Labute approximate surface area is 306 Å². The lowest BCUT2D eigenvalue weighted by atomic mass is 9.98. The summed E-state index contributed by atoms with van der Waals surface area (Å²) in [5.74, 6) is 0. The Morgan fingerprint density at radius 1 is 0.528 bits per heavy atom. The highest BCUT2D eigenvalue weighted by Crippen LogP contribution is 2.42. The van der Waals surface area contributed by atoms with E-state index in [0.29, 0.717) is 0 Å². The largest absolute Gasteiger partial charge is 0.455 e. The van der Waals surface area contributed by atoms with Gasteiger partial charge in [-0.3, -0.25) is 0 Å². The molecule has 1 aliphatic rings. The summed E-state index contributed by atoms with van der Waals surface area (Å²) in [6.45, 7) is 0. The molecule has 250 valence electrons. The monoisotopic (exact) mass is 678 g/mol. The fourth-order valence-electron chi connectivity index (χ4n) is 8.66. The fraction of sp³-hybridized carbons (Fsp3) is 0.0400. The highest BCUT2D eigenvalue weighted by Gasteiger charge is 2.22. The van der Waals surface area contributed by atoms with Gasteiger partial charge in [-0.1, -0.05) is 133 Å². The maximum Gasteiger partial charge on any atom is 0.143 e. The van der Waals surface area contributed by atoms with Crippen molar-refractivity contribution < 1.29 is 4.42 Å². The molecule has 0 aliphatic heterocycles. The minimum atomic E-state index is 0.894. The van der Waals surface area contributed by atoms with E-state index in [4.69, 9.17) is 4.42 Å². The van der Waals surface area contributed by atoms with Crippen LogP contribution in [0.5, 0.6) is 0 Å². The van der Waals surface area contributed by atoms with Gasteiger partial charge in [-0.05, 0) is 77.5 Å². The van der Waals surface area contributed by atoms with Crippen LogP contribution in [0.15, 0.2) is 180 Å². The molecule has 0 atom stereocenters. The number of hydrogen-bond donors (Lipinski definition) is 0. The molecule has 0 amide bonds. The molecule has 10 aromatic rings. The third-order valence-electron chi connectivity index (χ3n) is 11.0. The minimum absolute atomic E-state index is 0.894. The third-order valence-corrected chi connectivity index (χ3v) is 11.0. The molecule has 0 saturated heterocycles. The molecule has 0 bridgehead atoms. The second-order valence-electron chi connectivity index (χ2n) is 14.0. The molecular weight excluding hydrogens is 645 g/mol.